The molecule has 1 aliphatic heterocycles. The van der Waals surface area contributed by atoms with Crippen LogP contribution in [0.2, 0.25) is 0 Å². The number of hydrogen-bond acceptors (Lipinski definition) is 7. The number of carbonyl (C=O) groups is 1. The smallest absolute Gasteiger partial charge is 0.256 e. The van der Waals surface area contributed by atoms with Crippen molar-refractivity contribution in [2.75, 3.05) is 23.8 Å². The molecule has 1 fully saturated rings. The average molecular weight is 383 g/mol. The summed E-state index contributed by atoms with van der Waals surface area (Å²) in [6.45, 7) is 6.21. The Morgan fingerprint density at radius 2 is 2.16 bits per heavy atom. The third-order valence-corrected chi connectivity index (χ3v) is 6.96. The Balaban J connectivity index is 1.71. The molecule has 0 aromatic carbocycles. The van der Waals surface area contributed by atoms with Gasteiger partial charge in [0.25, 0.3) is 5.78 Å². The first-order chi connectivity index (χ1) is 11.8. The molecule has 10 heteroatoms. The number of rotatable bonds is 5. The predicted octanol–water partition coefficient (Wildman–Crippen LogP) is 0.869. The van der Waals surface area contributed by atoms with Gasteiger partial charge >= 0.3 is 0 Å². The molecule has 2 aromatic heterocycles. The monoisotopic (exact) mass is 383 g/mol. The van der Waals surface area contributed by atoms with E-state index in [1.165, 1.54) is 11.8 Å². The lowest BCUT2D eigenvalue weighted by Gasteiger charge is -2.26. The molecule has 1 aliphatic rings. The van der Waals surface area contributed by atoms with Crippen LogP contribution in [0.25, 0.3) is 5.78 Å². The van der Waals surface area contributed by atoms with Gasteiger partial charge in [-0.15, -0.1) is 10.2 Å². The van der Waals surface area contributed by atoms with E-state index in [4.69, 9.17) is 0 Å². The summed E-state index contributed by atoms with van der Waals surface area (Å²) in [6.07, 6.45) is 0.517. The number of amides is 1. The predicted molar refractivity (Wildman–Crippen MR) is 95.4 cm³/mol. The molecule has 25 heavy (non-hydrogen) atoms. The zero-order valence-corrected chi connectivity index (χ0v) is 16.1. The SMILES string of the molecule is CCN(C(=O)CSc1nnc2nc(C)cc(C)n12)[C@@H]1CCS(=O)(=O)C1. The minimum atomic E-state index is -3.02. The molecule has 0 unspecified atom stereocenters. The molecular weight excluding hydrogens is 362 g/mol. The fourth-order valence-electron chi connectivity index (χ4n) is 3.16. The number of fused-ring (bicyclic) bond motifs is 1. The molecule has 3 rings (SSSR count). The van der Waals surface area contributed by atoms with Gasteiger partial charge < -0.3 is 4.90 Å². The first kappa shape index (κ1) is 18.1. The van der Waals surface area contributed by atoms with Crippen molar-refractivity contribution in [1.29, 1.82) is 0 Å². The topological polar surface area (TPSA) is 97.5 Å². The fraction of sp³-hybridized carbons (Fsp3) is 0.600. The van der Waals surface area contributed by atoms with Crippen LogP contribution in [0, 0.1) is 13.8 Å². The van der Waals surface area contributed by atoms with Crippen LogP contribution in [0.1, 0.15) is 24.7 Å². The standard InChI is InChI=1S/C15H21N5O3S2/c1-4-19(12-5-6-25(22,23)9-12)13(21)8-24-15-18-17-14-16-10(2)7-11(3)20(14)15/h7,12H,4-6,8-9H2,1-3H3/t12-/m1/s1. The lowest BCUT2D eigenvalue weighted by atomic mass is 10.2. The van der Waals surface area contributed by atoms with Crippen LogP contribution in [0.5, 0.6) is 0 Å². The Kier molecular flexibility index (Phi) is 5.01. The normalized spacial score (nSPS) is 19.4. The van der Waals surface area contributed by atoms with E-state index in [1.54, 1.807) is 4.90 Å². The number of carbonyl (C=O) groups excluding carboxylic acids is 1. The minimum Gasteiger partial charge on any atom is -0.338 e. The van der Waals surface area contributed by atoms with Crippen LogP contribution in [-0.2, 0) is 14.6 Å². The van der Waals surface area contributed by atoms with E-state index in [-0.39, 0.29) is 29.2 Å². The van der Waals surface area contributed by atoms with Crippen molar-refractivity contribution in [2.24, 2.45) is 0 Å². The number of aryl methyl sites for hydroxylation is 2. The van der Waals surface area contributed by atoms with E-state index in [0.29, 0.717) is 23.9 Å². The molecule has 0 N–H and O–H groups in total. The Morgan fingerprint density at radius 1 is 1.40 bits per heavy atom. The second-order valence-corrected chi connectivity index (χ2v) is 9.35. The molecule has 1 atom stereocenters. The summed E-state index contributed by atoms with van der Waals surface area (Å²) in [5, 5.41) is 8.79. The lowest BCUT2D eigenvalue weighted by molar-refractivity contribution is -0.129. The molecule has 2 aromatic rings. The van der Waals surface area contributed by atoms with E-state index >= 15 is 0 Å². The lowest BCUT2D eigenvalue weighted by Crippen LogP contribution is -2.42. The molecule has 136 valence electrons. The van der Waals surface area contributed by atoms with Crippen LogP contribution in [0.4, 0.5) is 0 Å². The Labute approximate surface area is 150 Å². The van der Waals surface area contributed by atoms with Crippen molar-refractivity contribution in [3.63, 3.8) is 0 Å². The van der Waals surface area contributed by atoms with Gasteiger partial charge in [-0.1, -0.05) is 11.8 Å². The average Bonchev–Trinajstić information content (AvgIpc) is 3.09. The van der Waals surface area contributed by atoms with Gasteiger partial charge in [0.15, 0.2) is 15.0 Å². The van der Waals surface area contributed by atoms with E-state index in [2.05, 4.69) is 15.2 Å². The summed E-state index contributed by atoms with van der Waals surface area (Å²) in [5.41, 5.74) is 1.82. The molecule has 8 nitrogen and oxygen atoms in total. The van der Waals surface area contributed by atoms with Gasteiger partial charge in [-0.2, -0.15) is 0 Å². The summed E-state index contributed by atoms with van der Waals surface area (Å²) >= 11 is 1.30. The molecule has 0 spiro atoms. The first-order valence-electron chi connectivity index (χ1n) is 8.13. The zero-order valence-electron chi connectivity index (χ0n) is 14.5. The van der Waals surface area contributed by atoms with Gasteiger partial charge in [-0.05, 0) is 33.3 Å². The van der Waals surface area contributed by atoms with Crippen LogP contribution < -0.4 is 0 Å². The summed E-state index contributed by atoms with van der Waals surface area (Å²) < 4.78 is 25.2. The van der Waals surface area contributed by atoms with Crippen LogP contribution in [0.15, 0.2) is 11.2 Å². The van der Waals surface area contributed by atoms with Gasteiger partial charge in [0.05, 0.1) is 17.3 Å². The number of hydrogen-bond donors (Lipinski definition) is 0. The van der Waals surface area contributed by atoms with Crippen LogP contribution >= 0.6 is 11.8 Å². The molecular formula is C15H21N5O3S2. The third-order valence-electron chi connectivity index (χ3n) is 4.30. The molecule has 1 amide bonds. The Morgan fingerprint density at radius 3 is 2.80 bits per heavy atom. The maximum absolute atomic E-state index is 12.6. The van der Waals surface area contributed by atoms with Crippen molar-refractivity contribution in [3.8, 4) is 0 Å². The molecule has 0 aliphatic carbocycles. The highest BCUT2D eigenvalue weighted by molar-refractivity contribution is 7.99. The number of thioether (sulfide) groups is 1. The number of nitrogens with zero attached hydrogens (tertiary/aromatic N) is 5. The van der Waals surface area contributed by atoms with E-state index in [9.17, 15) is 13.2 Å². The second-order valence-electron chi connectivity index (χ2n) is 6.18. The molecule has 0 saturated carbocycles. The first-order valence-corrected chi connectivity index (χ1v) is 10.9. The number of aromatic nitrogens is 4. The summed E-state index contributed by atoms with van der Waals surface area (Å²) in [7, 11) is -3.02. The quantitative estimate of drug-likeness (QED) is 0.707. The maximum Gasteiger partial charge on any atom is 0.256 e. The van der Waals surface area contributed by atoms with Crippen molar-refractivity contribution in [2.45, 2.75) is 38.4 Å². The summed E-state index contributed by atoms with van der Waals surface area (Å²) in [4.78, 5) is 18.6. The van der Waals surface area contributed by atoms with Crippen LogP contribution in [-0.4, -0.2) is 68.7 Å². The summed E-state index contributed by atoms with van der Waals surface area (Å²) in [5.74, 6) is 0.852. The van der Waals surface area contributed by atoms with Crippen molar-refractivity contribution >= 4 is 33.3 Å². The molecule has 1 saturated heterocycles. The van der Waals surface area contributed by atoms with Gasteiger partial charge in [-0.3, -0.25) is 9.20 Å². The van der Waals surface area contributed by atoms with E-state index in [0.717, 1.165) is 11.4 Å². The third kappa shape index (κ3) is 3.79. The van der Waals surface area contributed by atoms with Gasteiger partial charge in [-0.25, -0.2) is 13.4 Å². The minimum absolute atomic E-state index is 0.0629. The van der Waals surface area contributed by atoms with Crippen molar-refractivity contribution < 1.29 is 13.2 Å². The zero-order chi connectivity index (χ0) is 18.2. The fourth-order valence-corrected chi connectivity index (χ4v) is 5.76. The van der Waals surface area contributed by atoms with Gasteiger partial charge in [0, 0.05) is 24.0 Å². The Bertz CT molecular complexity index is 909. The highest BCUT2D eigenvalue weighted by atomic mass is 32.2. The molecule has 0 bridgehead atoms. The largest absolute Gasteiger partial charge is 0.338 e. The maximum atomic E-state index is 12.6. The van der Waals surface area contributed by atoms with Crippen molar-refractivity contribution in [3.05, 3.63) is 17.5 Å². The van der Waals surface area contributed by atoms with Gasteiger partial charge in [0.1, 0.15) is 0 Å². The highest BCUT2D eigenvalue weighted by Gasteiger charge is 2.33. The van der Waals surface area contributed by atoms with Crippen LogP contribution in [0.3, 0.4) is 0 Å². The Hall–Kier alpha value is -1.68. The van der Waals surface area contributed by atoms with E-state index in [1.807, 2.05) is 31.2 Å². The second kappa shape index (κ2) is 6.91. The highest BCUT2D eigenvalue weighted by Crippen LogP contribution is 2.22. The van der Waals surface area contributed by atoms with E-state index < -0.39 is 9.84 Å². The molecule has 0 radical (unpaired) electrons. The van der Waals surface area contributed by atoms with Crippen molar-refractivity contribution in [1.82, 2.24) is 24.5 Å². The number of sulfone groups is 1. The summed E-state index contributed by atoms with van der Waals surface area (Å²) in [6, 6.07) is 1.72. The van der Waals surface area contributed by atoms with Gasteiger partial charge in [0.2, 0.25) is 5.91 Å². The molecule has 3 heterocycles.